The van der Waals surface area contributed by atoms with Crippen molar-refractivity contribution in [3.63, 3.8) is 0 Å². The van der Waals surface area contributed by atoms with Crippen LogP contribution in [0, 0.1) is 11.8 Å². The zero-order valence-electron chi connectivity index (χ0n) is 37.1. The number of nitrogens with zero attached hydrogens (tertiary/aromatic N) is 1. The molecule has 1 unspecified atom stereocenters. The average Bonchev–Trinajstić information content (AvgIpc) is 3.41. The number of carbonyl (C=O) groups excluding carboxylic acids is 2. The summed E-state index contributed by atoms with van der Waals surface area (Å²) in [6.45, 7) is 18.0. The largest absolute Gasteiger partial charge is 1.00 e. The third-order valence-electron chi connectivity index (χ3n) is 12.4. The van der Waals surface area contributed by atoms with Crippen molar-refractivity contribution in [2.24, 2.45) is 11.8 Å². The highest BCUT2D eigenvalue weighted by Crippen LogP contribution is 2.44. The van der Waals surface area contributed by atoms with E-state index in [9.17, 15) is 14.7 Å². The van der Waals surface area contributed by atoms with E-state index in [1.165, 1.54) is 63.3 Å². The normalized spacial score (nSPS) is 19.0. The molecule has 0 saturated heterocycles. The Morgan fingerprint density at radius 2 is 1.49 bits per heavy atom. The van der Waals surface area contributed by atoms with Crippen LogP contribution in [0.5, 0.6) is 0 Å². The number of carbonyl (C=O) groups is 2. The molecular weight excluding hydrogens is 722 g/mol. The van der Waals surface area contributed by atoms with E-state index >= 15 is 0 Å². The highest BCUT2D eigenvalue weighted by molar-refractivity contribution is 6.76. The smallest absolute Gasteiger partial charge is 0.305 e. The number of ether oxygens (including phenoxy) is 1. The van der Waals surface area contributed by atoms with Crippen LogP contribution < -0.4 is 12.4 Å². The number of aryl methyl sites for hydroxylation is 1. The van der Waals surface area contributed by atoms with Crippen molar-refractivity contribution in [1.29, 1.82) is 0 Å². The van der Waals surface area contributed by atoms with Crippen LogP contribution in [0.1, 0.15) is 169 Å². The summed E-state index contributed by atoms with van der Waals surface area (Å²) >= 11 is 0. The van der Waals surface area contributed by atoms with E-state index in [-0.39, 0.29) is 36.3 Å². The van der Waals surface area contributed by atoms with Crippen LogP contribution in [-0.4, -0.2) is 69.1 Å². The Labute approximate surface area is 346 Å². The first-order valence-electron chi connectivity index (χ1n) is 22.2. The lowest BCUT2D eigenvalue weighted by molar-refractivity contribution is -0.903. The SMILES string of the molecule is CCCCCCCC[N+](C)(C)Cc1ccc(CC[Si](O[C@@H]2CC(=O)[C@H](CCCCCCC(=O)OC)[C@H]2/C=C/CC(C)(O)CCCC)(C(C)C)C(C)C)cc1.[Cl-]. The lowest BCUT2D eigenvalue weighted by Gasteiger charge is -2.42. The van der Waals surface area contributed by atoms with E-state index in [1.807, 2.05) is 6.92 Å². The predicted molar refractivity (Wildman–Crippen MR) is 230 cm³/mol. The number of esters is 1. The first-order valence-corrected chi connectivity index (χ1v) is 24.4. The van der Waals surface area contributed by atoms with Gasteiger partial charge in [0.2, 0.25) is 0 Å². The van der Waals surface area contributed by atoms with E-state index in [4.69, 9.17) is 9.16 Å². The van der Waals surface area contributed by atoms with Gasteiger partial charge in [0.25, 0.3) is 0 Å². The molecule has 1 aliphatic rings. The number of ketones is 1. The molecule has 0 amide bonds. The van der Waals surface area contributed by atoms with Crippen LogP contribution in [0.3, 0.4) is 0 Å². The number of quaternary nitrogens is 1. The van der Waals surface area contributed by atoms with Gasteiger partial charge in [-0.15, -0.1) is 0 Å². The molecule has 1 aromatic carbocycles. The number of rotatable bonds is 29. The van der Waals surface area contributed by atoms with Crippen molar-refractivity contribution < 1.29 is 40.7 Å². The minimum Gasteiger partial charge on any atom is -1.00 e. The molecule has 0 aliphatic heterocycles. The Bertz CT molecular complexity index is 1220. The Morgan fingerprint density at radius 1 is 0.909 bits per heavy atom. The third kappa shape index (κ3) is 18.7. The number of hydrogen-bond donors (Lipinski definition) is 1. The maximum Gasteiger partial charge on any atom is 0.305 e. The van der Waals surface area contributed by atoms with Crippen molar-refractivity contribution in [2.75, 3.05) is 27.7 Å². The zero-order valence-corrected chi connectivity index (χ0v) is 38.9. The second-order valence-electron chi connectivity index (χ2n) is 18.4. The van der Waals surface area contributed by atoms with Crippen molar-refractivity contribution >= 4 is 20.1 Å². The standard InChI is InChI=1S/C47H84NO5Si.ClH/c1-11-13-15-16-19-22-34-48(8,9)37-41-29-27-40(28-30-41)31-35-54(38(3)4,39(5)6)53-45-36-44(49)42(24-20-17-18-21-26-46(50)52-10)43(45)25-23-33-47(7,51)32-14-12-2;/h23,25,27-30,38-39,42-43,45,51H,11-22,24,26,31-37H2,1-10H3;1H/q+1;/p-1/b25-23+;/t42-,43-,45-,47?;/m1./s1. The van der Waals surface area contributed by atoms with Crippen molar-refractivity contribution in [2.45, 2.75) is 199 Å². The van der Waals surface area contributed by atoms with Crippen molar-refractivity contribution in [3.05, 3.63) is 47.5 Å². The molecule has 0 bridgehead atoms. The molecule has 1 saturated carbocycles. The van der Waals surface area contributed by atoms with Crippen molar-refractivity contribution in [1.82, 2.24) is 0 Å². The van der Waals surface area contributed by atoms with Gasteiger partial charge < -0.3 is 31.2 Å². The number of benzene rings is 1. The van der Waals surface area contributed by atoms with E-state index < -0.39 is 13.9 Å². The molecule has 6 nitrogen and oxygen atoms in total. The lowest BCUT2D eigenvalue weighted by atomic mass is 9.87. The quantitative estimate of drug-likeness (QED) is 0.0288. The topological polar surface area (TPSA) is 72.8 Å². The van der Waals surface area contributed by atoms with Crippen LogP contribution >= 0.6 is 0 Å². The Kier molecular flexibility index (Phi) is 24.8. The molecule has 1 aromatic rings. The van der Waals surface area contributed by atoms with Gasteiger partial charge in [0.15, 0.2) is 8.32 Å². The fraction of sp³-hybridized carbons (Fsp3) is 0.787. The van der Waals surface area contributed by atoms with E-state index in [1.54, 1.807) is 0 Å². The summed E-state index contributed by atoms with van der Waals surface area (Å²) in [7, 11) is 3.86. The molecule has 55 heavy (non-hydrogen) atoms. The number of halogens is 1. The minimum absolute atomic E-state index is 0. The van der Waals surface area contributed by atoms with Gasteiger partial charge in [-0.3, -0.25) is 9.59 Å². The maximum atomic E-state index is 13.8. The monoisotopic (exact) mass is 806 g/mol. The zero-order chi connectivity index (χ0) is 40.2. The summed E-state index contributed by atoms with van der Waals surface area (Å²) in [5.74, 6) is 0.134. The number of unbranched alkanes of at least 4 members (excludes halogenated alkanes) is 9. The molecule has 0 aromatic heterocycles. The van der Waals surface area contributed by atoms with Gasteiger partial charge in [0.05, 0.1) is 39.5 Å². The Morgan fingerprint density at radius 3 is 2.11 bits per heavy atom. The van der Waals surface area contributed by atoms with E-state index in [0.29, 0.717) is 36.1 Å². The average molecular weight is 807 g/mol. The van der Waals surface area contributed by atoms with Crippen LogP contribution in [-0.2, 0) is 31.7 Å². The summed E-state index contributed by atoms with van der Waals surface area (Å²) in [4.78, 5) is 25.3. The summed E-state index contributed by atoms with van der Waals surface area (Å²) in [6.07, 6.45) is 22.2. The first-order chi connectivity index (χ1) is 25.6. The Hall–Kier alpha value is -1.51. The van der Waals surface area contributed by atoms with Gasteiger partial charge in [-0.05, 0) is 74.6 Å². The molecule has 1 N–H and O–H groups in total. The number of hydrogen-bond acceptors (Lipinski definition) is 5. The maximum absolute atomic E-state index is 13.8. The van der Waals surface area contributed by atoms with Crippen LogP contribution in [0.25, 0.3) is 0 Å². The first kappa shape index (κ1) is 51.5. The molecule has 0 spiro atoms. The summed E-state index contributed by atoms with van der Waals surface area (Å²) in [5.41, 5.74) is 2.87. The molecule has 8 heteroatoms. The number of aliphatic hydroxyl groups is 1. The molecule has 4 atom stereocenters. The number of methoxy groups -OCH3 is 1. The molecule has 1 aliphatic carbocycles. The molecular formula is C47H84ClNO5Si. The summed E-state index contributed by atoms with van der Waals surface area (Å²) in [6, 6.07) is 10.4. The highest BCUT2D eigenvalue weighted by Gasteiger charge is 2.49. The van der Waals surface area contributed by atoms with Gasteiger partial charge in [-0.1, -0.05) is 136 Å². The van der Waals surface area contributed by atoms with Crippen LogP contribution in [0.2, 0.25) is 17.1 Å². The molecule has 318 valence electrons. The predicted octanol–water partition coefficient (Wildman–Crippen LogP) is 8.93. The Balaban J connectivity index is 0.0000151. The van der Waals surface area contributed by atoms with Gasteiger partial charge >= 0.3 is 5.97 Å². The summed E-state index contributed by atoms with van der Waals surface area (Å²) in [5, 5.41) is 11.1. The van der Waals surface area contributed by atoms with Gasteiger partial charge in [0, 0.05) is 30.2 Å². The van der Waals surface area contributed by atoms with Gasteiger partial charge in [-0.25, -0.2) is 0 Å². The summed E-state index contributed by atoms with van der Waals surface area (Å²) < 4.78 is 13.3. The minimum atomic E-state index is -2.32. The fourth-order valence-corrected chi connectivity index (χ4v) is 13.5. The van der Waals surface area contributed by atoms with Crippen molar-refractivity contribution in [3.8, 4) is 0 Å². The van der Waals surface area contributed by atoms with Crippen LogP contribution in [0.15, 0.2) is 36.4 Å². The molecule has 2 rings (SSSR count). The fourth-order valence-electron chi connectivity index (χ4n) is 8.82. The van der Waals surface area contributed by atoms with Crippen LogP contribution in [0.4, 0.5) is 0 Å². The number of Topliss-reactive ketones (excluding diaryl/α,β-unsaturated/α-hetero) is 1. The van der Waals surface area contributed by atoms with Gasteiger partial charge in [-0.2, -0.15) is 0 Å². The second-order valence-corrected chi connectivity index (χ2v) is 23.4. The van der Waals surface area contributed by atoms with E-state index in [0.717, 1.165) is 74.9 Å². The molecule has 0 heterocycles. The molecule has 0 radical (unpaired) electrons. The lowest BCUT2D eigenvalue weighted by Crippen LogP contribution is -3.00. The molecule has 1 fully saturated rings. The van der Waals surface area contributed by atoms with Gasteiger partial charge in [0.1, 0.15) is 12.3 Å². The van der Waals surface area contributed by atoms with E-state index in [2.05, 4.69) is 92.1 Å². The third-order valence-corrected chi connectivity index (χ3v) is 18.1. The second kappa shape index (κ2) is 26.5. The highest BCUT2D eigenvalue weighted by atomic mass is 35.5.